The zero-order valence-corrected chi connectivity index (χ0v) is 12.3. The first-order valence-electron chi connectivity index (χ1n) is 7.71. The van der Waals surface area contributed by atoms with Crippen LogP contribution in [-0.2, 0) is 0 Å². The maximum absolute atomic E-state index is 10.8. The Hall–Kier alpha value is -0.0400. The number of aliphatic hydroxyl groups is 1. The summed E-state index contributed by atoms with van der Waals surface area (Å²) in [6.45, 7) is 9.13. The van der Waals surface area contributed by atoms with Crippen LogP contribution in [0.3, 0.4) is 0 Å². The minimum absolute atomic E-state index is 0.356. The first kappa shape index (κ1) is 15.0. The fraction of sp³-hybridized carbons (Fsp3) is 1.00. The third-order valence-electron chi connectivity index (χ3n) is 4.47. The second-order valence-corrected chi connectivity index (χ2v) is 6.70. The Bertz CT molecular complexity index is 202. The molecule has 1 N–H and O–H groups in total. The smallest absolute Gasteiger partial charge is 0.0655 e. The van der Waals surface area contributed by atoms with Crippen molar-refractivity contribution >= 4 is 0 Å². The third-order valence-corrected chi connectivity index (χ3v) is 4.47. The summed E-state index contributed by atoms with van der Waals surface area (Å²) in [5, 5.41) is 10.8. The van der Waals surface area contributed by atoms with Gasteiger partial charge in [0, 0.05) is 0 Å². The molecule has 0 heterocycles. The van der Waals surface area contributed by atoms with Gasteiger partial charge in [0.05, 0.1) is 5.60 Å². The Morgan fingerprint density at radius 1 is 1.18 bits per heavy atom. The van der Waals surface area contributed by atoms with Crippen molar-refractivity contribution in [2.45, 2.75) is 84.7 Å². The van der Waals surface area contributed by atoms with Gasteiger partial charge in [-0.2, -0.15) is 0 Å². The molecule has 102 valence electrons. The second-order valence-electron chi connectivity index (χ2n) is 6.70. The average Bonchev–Trinajstić information content (AvgIpc) is 2.22. The van der Waals surface area contributed by atoms with E-state index in [1.165, 1.54) is 32.1 Å². The first-order valence-corrected chi connectivity index (χ1v) is 7.71. The molecule has 0 aromatic heterocycles. The fourth-order valence-electron chi connectivity index (χ4n) is 3.88. The van der Waals surface area contributed by atoms with Crippen LogP contribution >= 0.6 is 0 Å². The molecule has 1 heteroatoms. The van der Waals surface area contributed by atoms with E-state index in [9.17, 15) is 5.11 Å². The molecular formula is C16H32O. The van der Waals surface area contributed by atoms with E-state index < -0.39 is 0 Å². The van der Waals surface area contributed by atoms with Crippen LogP contribution in [0.25, 0.3) is 0 Å². The summed E-state index contributed by atoms with van der Waals surface area (Å²) in [6, 6.07) is 0. The maximum Gasteiger partial charge on any atom is 0.0655 e. The number of rotatable bonds is 6. The highest BCUT2D eigenvalue weighted by atomic mass is 16.3. The van der Waals surface area contributed by atoms with Crippen molar-refractivity contribution in [1.29, 1.82) is 0 Å². The van der Waals surface area contributed by atoms with Crippen LogP contribution in [0.5, 0.6) is 0 Å². The molecular weight excluding hydrogens is 208 g/mol. The molecule has 1 aliphatic rings. The maximum atomic E-state index is 10.8. The van der Waals surface area contributed by atoms with E-state index in [-0.39, 0.29) is 5.60 Å². The van der Waals surface area contributed by atoms with E-state index in [0.29, 0.717) is 11.8 Å². The lowest BCUT2D eigenvalue weighted by molar-refractivity contribution is -0.0503. The van der Waals surface area contributed by atoms with Crippen molar-refractivity contribution in [2.75, 3.05) is 0 Å². The van der Waals surface area contributed by atoms with Crippen LogP contribution in [0.1, 0.15) is 79.1 Å². The summed E-state index contributed by atoms with van der Waals surface area (Å²) in [4.78, 5) is 0. The van der Waals surface area contributed by atoms with Crippen LogP contribution < -0.4 is 0 Å². The van der Waals surface area contributed by atoms with Crippen LogP contribution in [0.4, 0.5) is 0 Å². The zero-order valence-electron chi connectivity index (χ0n) is 12.3. The summed E-state index contributed by atoms with van der Waals surface area (Å²) >= 11 is 0. The standard InChI is InChI=1S/C16H32O/c1-5-7-8-15(6-2)12-16(17)10-13(3)9-14(4)11-16/h13-15,17H,5-12H2,1-4H3. The van der Waals surface area contributed by atoms with Gasteiger partial charge in [-0.3, -0.25) is 0 Å². The summed E-state index contributed by atoms with van der Waals surface area (Å²) in [5.74, 6) is 2.14. The highest BCUT2D eigenvalue weighted by molar-refractivity contribution is 4.89. The summed E-state index contributed by atoms with van der Waals surface area (Å²) in [7, 11) is 0. The molecule has 0 aliphatic heterocycles. The zero-order chi connectivity index (χ0) is 12.9. The number of hydrogen-bond acceptors (Lipinski definition) is 1. The highest BCUT2D eigenvalue weighted by Crippen LogP contribution is 2.40. The van der Waals surface area contributed by atoms with E-state index in [1.807, 2.05) is 0 Å². The molecule has 1 aliphatic carbocycles. The summed E-state index contributed by atoms with van der Waals surface area (Å²) in [6.07, 6.45) is 9.52. The van der Waals surface area contributed by atoms with E-state index in [2.05, 4.69) is 27.7 Å². The van der Waals surface area contributed by atoms with Crippen molar-refractivity contribution < 1.29 is 5.11 Å². The van der Waals surface area contributed by atoms with Crippen molar-refractivity contribution in [3.05, 3.63) is 0 Å². The molecule has 0 radical (unpaired) electrons. The van der Waals surface area contributed by atoms with Crippen LogP contribution in [0, 0.1) is 17.8 Å². The topological polar surface area (TPSA) is 20.2 Å². The van der Waals surface area contributed by atoms with E-state index in [0.717, 1.165) is 25.2 Å². The molecule has 0 bridgehead atoms. The largest absolute Gasteiger partial charge is 0.390 e. The van der Waals surface area contributed by atoms with E-state index in [1.54, 1.807) is 0 Å². The van der Waals surface area contributed by atoms with Gasteiger partial charge in [0.1, 0.15) is 0 Å². The number of unbranched alkanes of at least 4 members (excludes halogenated alkanes) is 1. The van der Waals surface area contributed by atoms with Crippen molar-refractivity contribution in [3.63, 3.8) is 0 Å². The first-order chi connectivity index (χ1) is 7.99. The minimum atomic E-state index is -0.356. The average molecular weight is 240 g/mol. The van der Waals surface area contributed by atoms with Gasteiger partial charge < -0.3 is 5.11 Å². The molecule has 1 fully saturated rings. The molecule has 1 saturated carbocycles. The molecule has 1 nitrogen and oxygen atoms in total. The molecule has 0 amide bonds. The summed E-state index contributed by atoms with van der Waals surface area (Å²) in [5.41, 5.74) is -0.356. The Morgan fingerprint density at radius 3 is 2.24 bits per heavy atom. The predicted molar refractivity (Wildman–Crippen MR) is 75.1 cm³/mol. The van der Waals surface area contributed by atoms with Gasteiger partial charge in [0.15, 0.2) is 0 Å². The molecule has 17 heavy (non-hydrogen) atoms. The highest BCUT2D eigenvalue weighted by Gasteiger charge is 2.37. The van der Waals surface area contributed by atoms with Crippen LogP contribution in [0.15, 0.2) is 0 Å². The van der Waals surface area contributed by atoms with Crippen LogP contribution in [-0.4, -0.2) is 10.7 Å². The van der Waals surface area contributed by atoms with Crippen molar-refractivity contribution in [2.24, 2.45) is 17.8 Å². The van der Waals surface area contributed by atoms with Crippen molar-refractivity contribution in [3.8, 4) is 0 Å². The Morgan fingerprint density at radius 2 is 1.76 bits per heavy atom. The lowest BCUT2D eigenvalue weighted by atomic mass is 9.69. The van der Waals surface area contributed by atoms with Gasteiger partial charge >= 0.3 is 0 Å². The molecule has 0 spiro atoms. The van der Waals surface area contributed by atoms with Crippen LogP contribution in [0.2, 0.25) is 0 Å². The van der Waals surface area contributed by atoms with Gasteiger partial charge in [0.25, 0.3) is 0 Å². The van der Waals surface area contributed by atoms with Crippen molar-refractivity contribution in [1.82, 2.24) is 0 Å². The number of hydrogen-bond donors (Lipinski definition) is 1. The van der Waals surface area contributed by atoms with Gasteiger partial charge in [-0.15, -0.1) is 0 Å². The molecule has 0 aromatic rings. The van der Waals surface area contributed by atoms with Gasteiger partial charge in [-0.05, 0) is 43.4 Å². The van der Waals surface area contributed by atoms with E-state index >= 15 is 0 Å². The normalized spacial score (nSPS) is 35.8. The lowest BCUT2D eigenvalue weighted by Gasteiger charge is -2.41. The molecule has 3 unspecified atom stereocenters. The molecule has 0 aromatic carbocycles. The predicted octanol–water partition coefficient (Wildman–Crippen LogP) is 4.78. The third kappa shape index (κ3) is 4.99. The molecule has 1 rings (SSSR count). The van der Waals surface area contributed by atoms with Gasteiger partial charge in [0.2, 0.25) is 0 Å². The monoisotopic (exact) mass is 240 g/mol. The Balaban J connectivity index is 2.50. The van der Waals surface area contributed by atoms with Gasteiger partial charge in [-0.25, -0.2) is 0 Å². The molecule has 3 atom stereocenters. The summed E-state index contributed by atoms with van der Waals surface area (Å²) < 4.78 is 0. The molecule has 0 saturated heterocycles. The van der Waals surface area contributed by atoms with E-state index in [4.69, 9.17) is 0 Å². The Labute approximate surface area is 108 Å². The SMILES string of the molecule is CCCCC(CC)CC1(O)CC(C)CC(C)C1. The van der Waals surface area contributed by atoms with Gasteiger partial charge in [-0.1, -0.05) is 53.4 Å². The quantitative estimate of drug-likeness (QED) is 0.708. The fourth-order valence-corrected chi connectivity index (χ4v) is 3.88. The second kappa shape index (κ2) is 6.78. The minimum Gasteiger partial charge on any atom is -0.390 e. The lowest BCUT2D eigenvalue weighted by Crippen LogP contribution is -2.39. The Kier molecular flexibility index (Phi) is 5.99.